The number of fused-ring (bicyclic) bond motifs is 1. The third kappa shape index (κ3) is 2.62. The highest BCUT2D eigenvalue weighted by Crippen LogP contribution is 2.27. The number of carbonyl (C=O) groups is 1. The minimum absolute atomic E-state index is 0.192. The fraction of sp³-hybridized carbons (Fsp3) is 0.200. The van der Waals surface area contributed by atoms with Crippen molar-refractivity contribution in [3.63, 3.8) is 0 Å². The van der Waals surface area contributed by atoms with E-state index in [0.717, 1.165) is 15.8 Å². The van der Waals surface area contributed by atoms with E-state index in [9.17, 15) is 9.59 Å². The van der Waals surface area contributed by atoms with Gasteiger partial charge in [0.1, 0.15) is 5.69 Å². The van der Waals surface area contributed by atoms with Crippen LogP contribution in [-0.4, -0.2) is 20.7 Å². The summed E-state index contributed by atoms with van der Waals surface area (Å²) in [7, 11) is 0. The molecule has 1 amide bonds. The molecule has 0 aliphatic rings. The fourth-order valence-electron chi connectivity index (χ4n) is 2.10. The number of para-hydroxylation sites is 1. The summed E-state index contributed by atoms with van der Waals surface area (Å²) in [5.41, 5.74) is 1.91. The highest BCUT2D eigenvalue weighted by Gasteiger charge is 2.13. The van der Waals surface area contributed by atoms with Gasteiger partial charge in [0.15, 0.2) is 5.13 Å². The van der Waals surface area contributed by atoms with Gasteiger partial charge in [0.05, 0.1) is 10.2 Å². The Morgan fingerprint density at radius 1 is 1.32 bits per heavy atom. The van der Waals surface area contributed by atoms with E-state index in [0.29, 0.717) is 11.7 Å². The van der Waals surface area contributed by atoms with Gasteiger partial charge in [0.25, 0.3) is 11.5 Å². The highest BCUT2D eigenvalue weighted by atomic mass is 32.1. The van der Waals surface area contributed by atoms with Gasteiger partial charge in [-0.15, -0.1) is 0 Å². The number of amides is 1. The van der Waals surface area contributed by atoms with Crippen molar-refractivity contribution in [2.75, 3.05) is 5.32 Å². The molecule has 7 heteroatoms. The number of aryl methyl sites for hydroxylation is 2. The van der Waals surface area contributed by atoms with Crippen LogP contribution in [0.15, 0.2) is 35.1 Å². The number of aromatic nitrogens is 3. The van der Waals surface area contributed by atoms with E-state index in [4.69, 9.17) is 0 Å². The lowest BCUT2D eigenvalue weighted by Gasteiger charge is -2.03. The summed E-state index contributed by atoms with van der Waals surface area (Å²) in [6.45, 7) is 4.19. The number of hydrogen-bond acceptors (Lipinski definition) is 5. The van der Waals surface area contributed by atoms with Crippen LogP contribution in [0.5, 0.6) is 0 Å². The Morgan fingerprint density at radius 3 is 2.86 bits per heavy atom. The van der Waals surface area contributed by atoms with Crippen LogP contribution in [-0.2, 0) is 6.54 Å². The van der Waals surface area contributed by atoms with Gasteiger partial charge in [-0.2, -0.15) is 5.10 Å². The third-order valence-electron chi connectivity index (χ3n) is 3.24. The first-order valence-corrected chi connectivity index (χ1v) is 7.66. The number of anilines is 1. The molecule has 0 spiro atoms. The van der Waals surface area contributed by atoms with E-state index in [1.165, 1.54) is 28.2 Å². The van der Waals surface area contributed by atoms with Gasteiger partial charge in [0.2, 0.25) is 0 Å². The maximum atomic E-state index is 12.2. The van der Waals surface area contributed by atoms with Gasteiger partial charge in [-0.3, -0.25) is 14.9 Å². The monoisotopic (exact) mass is 314 g/mol. The normalized spacial score (nSPS) is 10.8. The van der Waals surface area contributed by atoms with E-state index in [-0.39, 0.29) is 17.2 Å². The summed E-state index contributed by atoms with van der Waals surface area (Å²) >= 11 is 1.41. The van der Waals surface area contributed by atoms with Gasteiger partial charge < -0.3 is 0 Å². The maximum Gasteiger partial charge on any atom is 0.277 e. The predicted molar refractivity (Wildman–Crippen MR) is 86.5 cm³/mol. The van der Waals surface area contributed by atoms with Crippen LogP contribution in [0.3, 0.4) is 0 Å². The summed E-state index contributed by atoms with van der Waals surface area (Å²) in [4.78, 5) is 28.2. The van der Waals surface area contributed by atoms with Gasteiger partial charge >= 0.3 is 0 Å². The Balaban J connectivity index is 1.89. The summed E-state index contributed by atoms with van der Waals surface area (Å²) in [5.74, 6) is -0.376. The number of carbonyl (C=O) groups excluding carboxylic acids is 1. The van der Waals surface area contributed by atoms with Crippen molar-refractivity contribution in [3.8, 4) is 0 Å². The van der Waals surface area contributed by atoms with Crippen LogP contribution in [0.1, 0.15) is 23.0 Å². The molecular weight excluding hydrogens is 300 g/mol. The van der Waals surface area contributed by atoms with Crippen LogP contribution < -0.4 is 10.9 Å². The molecule has 0 saturated carbocycles. The smallest absolute Gasteiger partial charge is 0.277 e. The molecule has 22 heavy (non-hydrogen) atoms. The Kier molecular flexibility index (Phi) is 3.72. The number of hydrogen-bond donors (Lipinski definition) is 1. The number of benzene rings is 1. The molecule has 0 unspecified atom stereocenters. The van der Waals surface area contributed by atoms with Crippen LogP contribution >= 0.6 is 11.3 Å². The van der Waals surface area contributed by atoms with E-state index in [2.05, 4.69) is 15.4 Å². The molecular formula is C15H14N4O2S. The number of nitrogens with zero attached hydrogens (tertiary/aromatic N) is 3. The van der Waals surface area contributed by atoms with Gasteiger partial charge in [-0.05, 0) is 31.5 Å². The molecule has 0 saturated heterocycles. The van der Waals surface area contributed by atoms with Crippen LogP contribution in [0.25, 0.3) is 10.2 Å². The average molecular weight is 314 g/mol. The van der Waals surface area contributed by atoms with Crippen LogP contribution in [0, 0.1) is 6.92 Å². The lowest BCUT2D eigenvalue weighted by molar-refractivity contribution is 0.102. The van der Waals surface area contributed by atoms with E-state index in [1.54, 1.807) is 6.92 Å². The summed E-state index contributed by atoms with van der Waals surface area (Å²) in [5, 5.41) is 7.28. The first-order valence-electron chi connectivity index (χ1n) is 6.84. The molecule has 0 aliphatic carbocycles. The zero-order valence-corrected chi connectivity index (χ0v) is 13.0. The zero-order valence-electron chi connectivity index (χ0n) is 12.2. The average Bonchev–Trinajstić information content (AvgIpc) is 2.91. The summed E-state index contributed by atoms with van der Waals surface area (Å²) in [6.07, 6.45) is 0. The summed E-state index contributed by atoms with van der Waals surface area (Å²) in [6, 6.07) is 8.66. The number of rotatable bonds is 3. The quantitative estimate of drug-likeness (QED) is 0.805. The first-order chi connectivity index (χ1) is 10.6. The Morgan fingerprint density at radius 2 is 2.14 bits per heavy atom. The third-order valence-corrected chi connectivity index (χ3v) is 4.18. The minimum atomic E-state index is -0.376. The van der Waals surface area contributed by atoms with Gasteiger partial charge in [-0.25, -0.2) is 9.67 Å². The van der Waals surface area contributed by atoms with Gasteiger partial charge in [-0.1, -0.05) is 23.5 Å². The van der Waals surface area contributed by atoms with Crippen molar-refractivity contribution in [1.82, 2.24) is 14.8 Å². The molecule has 0 atom stereocenters. The number of nitrogens with one attached hydrogen (secondary N) is 1. The summed E-state index contributed by atoms with van der Waals surface area (Å²) < 4.78 is 2.26. The van der Waals surface area contributed by atoms with E-state index in [1.807, 2.05) is 25.1 Å². The van der Waals surface area contributed by atoms with Crippen molar-refractivity contribution < 1.29 is 4.79 Å². The van der Waals surface area contributed by atoms with Crippen LogP contribution in [0.4, 0.5) is 5.13 Å². The van der Waals surface area contributed by atoms with Crippen molar-refractivity contribution in [2.24, 2.45) is 0 Å². The molecule has 3 aromatic rings. The standard InChI is InChI=1S/C15H14N4O2S/c1-3-19-12(20)8-7-10(18-19)14(21)17-15-16-13-9(2)5-4-6-11(13)22-15/h4-8H,3H2,1-2H3,(H,16,17,21). The second-order valence-electron chi connectivity index (χ2n) is 4.77. The van der Waals surface area contributed by atoms with Gasteiger partial charge in [0, 0.05) is 12.6 Å². The van der Waals surface area contributed by atoms with Crippen molar-refractivity contribution in [3.05, 3.63) is 51.9 Å². The molecule has 3 rings (SSSR count). The molecule has 0 bridgehead atoms. The Labute approximate surface area is 130 Å². The van der Waals surface area contributed by atoms with E-state index < -0.39 is 0 Å². The largest absolute Gasteiger partial charge is 0.296 e. The molecule has 2 heterocycles. The van der Waals surface area contributed by atoms with Crippen molar-refractivity contribution in [1.29, 1.82) is 0 Å². The second kappa shape index (κ2) is 5.69. The van der Waals surface area contributed by atoms with Crippen molar-refractivity contribution >= 4 is 32.6 Å². The molecule has 0 radical (unpaired) electrons. The SMILES string of the molecule is CCn1nc(C(=O)Nc2nc3c(C)cccc3s2)ccc1=O. The molecule has 0 fully saturated rings. The first kappa shape index (κ1) is 14.4. The second-order valence-corrected chi connectivity index (χ2v) is 5.80. The molecule has 2 aromatic heterocycles. The maximum absolute atomic E-state index is 12.2. The Hall–Kier alpha value is -2.54. The Bertz CT molecular complexity index is 913. The van der Waals surface area contributed by atoms with Crippen molar-refractivity contribution in [2.45, 2.75) is 20.4 Å². The topological polar surface area (TPSA) is 76.9 Å². The molecule has 6 nitrogen and oxygen atoms in total. The predicted octanol–water partition coefficient (Wildman–Crippen LogP) is 2.43. The zero-order chi connectivity index (χ0) is 15.7. The molecule has 1 N–H and O–H groups in total. The lowest BCUT2D eigenvalue weighted by Crippen LogP contribution is -2.25. The fourth-order valence-corrected chi connectivity index (χ4v) is 3.04. The lowest BCUT2D eigenvalue weighted by atomic mass is 10.2. The highest BCUT2D eigenvalue weighted by molar-refractivity contribution is 7.22. The molecule has 0 aliphatic heterocycles. The minimum Gasteiger partial charge on any atom is -0.296 e. The van der Waals surface area contributed by atoms with E-state index >= 15 is 0 Å². The molecule has 112 valence electrons. The van der Waals surface area contributed by atoms with Crippen LogP contribution in [0.2, 0.25) is 0 Å². The number of thiazole rings is 1. The molecule has 1 aromatic carbocycles.